The van der Waals surface area contributed by atoms with Crippen LogP contribution < -0.4 is 15.4 Å². The molecule has 1 fully saturated rings. The molecule has 1 saturated carbocycles. The lowest BCUT2D eigenvalue weighted by Crippen LogP contribution is -2.32. The molecule has 1 aliphatic carbocycles. The molecule has 6 nitrogen and oxygen atoms in total. The van der Waals surface area contributed by atoms with E-state index in [1.165, 1.54) is 6.07 Å². The fourth-order valence-electron chi connectivity index (χ4n) is 3.41. The van der Waals surface area contributed by atoms with Crippen LogP contribution in [0.25, 0.3) is 0 Å². The summed E-state index contributed by atoms with van der Waals surface area (Å²) in [7, 11) is -3.83. The third-order valence-electron chi connectivity index (χ3n) is 5.22. The number of para-hydroxylation sites is 1. The zero-order chi connectivity index (χ0) is 20.9. The van der Waals surface area contributed by atoms with Crippen LogP contribution in [0.15, 0.2) is 53.4 Å². The lowest BCUT2D eigenvalue weighted by atomic mass is 10.1. The van der Waals surface area contributed by atoms with Crippen molar-refractivity contribution in [2.75, 3.05) is 10.0 Å². The molecule has 29 heavy (non-hydrogen) atoms. The van der Waals surface area contributed by atoms with Crippen molar-refractivity contribution in [3.63, 3.8) is 0 Å². The Bertz CT molecular complexity index is 939. The number of nitrogens with one attached hydrogen (secondary N) is 3. The lowest BCUT2D eigenvalue weighted by molar-refractivity contribution is 0.0937. The second-order valence-corrected chi connectivity index (χ2v) is 9.31. The van der Waals surface area contributed by atoms with Crippen molar-refractivity contribution in [2.45, 2.75) is 62.9 Å². The van der Waals surface area contributed by atoms with Gasteiger partial charge in [-0.25, -0.2) is 8.42 Å². The minimum atomic E-state index is -3.83. The van der Waals surface area contributed by atoms with Gasteiger partial charge in [-0.05, 0) is 56.5 Å². The summed E-state index contributed by atoms with van der Waals surface area (Å²) in [6.45, 7) is 4.06. The van der Waals surface area contributed by atoms with Crippen LogP contribution in [0.5, 0.6) is 0 Å². The molecule has 0 saturated heterocycles. The van der Waals surface area contributed by atoms with Gasteiger partial charge in [-0.3, -0.25) is 9.52 Å². The Morgan fingerprint density at radius 1 is 1.07 bits per heavy atom. The zero-order valence-corrected chi connectivity index (χ0v) is 17.8. The van der Waals surface area contributed by atoms with Gasteiger partial charge in [0, 0.05) is 29.0 Å². The van der Waals surface area contributed by atoms with Crippen molar-refractivity contribution in [1.29, 1.82) is 0 Å². The summed E-state index contributed by atoms with van der Waals surface area (Å²) >= 11 is 0. The number of benzene rings is 2. The van der Waals surface area contributed by atoms with Crippen LogP contribution in [-0.2, 0) is 10.0 Å². The fourth-order valence-corrected chi connectivity index (χ4v) is 4.54. The molecule has 0 aromatic heterocycles. The average Bonchev–Trinajstić information content (AvgIpc) is 3.21. The average molecular weight is 416 g/mol. The van der Waals surface area contributed by atoms with E-state index in [4.69, 9.17) is 0 Å². The molecule has 7 heteroatoms. The van der Waals surface area contributed by atoms with E-state index in [0.29, 0.717) is 16.9 Å². The molecule has 2 aromatic rings. The summed E-state index contributed by atoms with van der Waals surface area (Å²) in [4.78, 5) is 12.9. The Labute approximate surface area is 173 Å². The largest absolute Gasteiger partial charge is 0.383 e. The molecule has 3 rings (SSSR count). The van der Waals surface area contributed by atoms with Crippen molar-refractivity contribution in [3.8, 4) is 0 Å². The van der Waals surface area contributed by atoms with E-state index in [1.54, 1.807) is 36.4 Å². The van der Waals surface area contributed by atoms with Gasteiger partial charge in [0.15, 0.2) is 0 Å². The summed E-state index contributed by atoms with van der Waals surface area (Å²) in [5.41, 5.74) is 1.44. The second kappa shape index (κ2) is 9.31. The van der Waals surface area contributed by atoms with E-state index in [1.807, 2.05) is 19.9 Å². The van der Waals surface area contributed by atoms with E-state index in [-0.39, 0.29) is 22.9 Å². The van der Waals surface area contributed by atoms with Gasteiger partial charge in [-0.2, -0.15) is 0 Å². The minimum Gasteiger partial charge on any atom is -0.383 e. The quantitative estimate of drug-likeness (QED) is 0.597. The highest BCUT2D eigenvalue weighted by Gasteiger charge is 2.22. The summed E-state index contributed by atoms with van der Waals surface area (Å²) in [6, 6.07) is 13.8. The summed E-state index contributed by atoms with van der Waals surface area (Å²) < 4.78 is 28.5. The van der Waals surface area contributed by atoms with E-state index in [0.717, 1.165) is 32.1 Å². The lowest BCUT2D eigenvalue weighted by Gasteiger charge is -2.17. The highest BCUT2D eigenvalue weighted by atomic mass is 32.2. The standard InChI is InChI=1S/C22H29N3O3S/c1-3-16(2)23-20-13-17(22(26)24-18-9-7-8-10-18)14-21(15-20)29(27,28)25-19-11-5-4-6-12-19/h4-6,11-16,18,23,25H,3,7-10H2,1-2H3,(H,24,26). The van der Waals surface area contributed by atoms with E-state index in [2.05, 4.69) is 15.4 Å². The molecule has 1 aliphatic rings. The van der Waals surface area contributed by atoms with Crippen molar-refractivity contribution in [2.24, 2.45) is 0 Å². The van der Waals surface area contributed by atoms with Gasteiger partial charge in [0.2, 0.25) is 0 Å². The number of carbonyl (C=O) groups excluding carboxylic acids is 1. The third-order valence-corrected chi connectivity index (χ3v) is 6.58. The van der Waals surface area contributed by atoms with Gasteiger partial charge in [0.05, 0.1) is 4.90 Å². The molecule has 0 heterocycles. The number of carbonyl (C=O) groups is 1. The van der Waals surface area contributed by atoms with Gasteiger partial charge in [-0.1, -0.05) is 38.0 Å². The third kappa shape index (κ3) is 5.73. The zero-order valence-electron chi connectivity index (χ0n) is 16.9. The Morgan fingerprint density at radius 2 is 1.76 bits per heavy atom. The maximum atomic E-state index is 13.0. The monoisotopic (exact) mass is 415 g/mol. The molecule has 1 atom stereocenters. The Kier molecular flexibility index (Phi) is 6.79. The number of anilines is 2. The summed E-state index contributed by atoms with van der Waals surface area (Å²) in [6.07, 6.45) is 5.04. The highest BCUT2D eigenvalue weighted by Crippen LogP contribution is 2.24. The number of hydrogen-bond donors (Lipinski definition) is 3. The van der Waals surface area contributed by atoms with E-state index < -0.39 is 10.0 Å². The van der Waals surface area contributed by atoms with Crippen LogP contribution in [-0.4, -0.2) is 26.4 Å². The molecule has 2 aromatic carbocycles. The van der Waals surface area contributed by atoms with Crippen molar-refractivity contribution >= 4 is 27.3 Å². The first-order valence-corrected chi connectivity index (χ1v) is 11.7. The molecule has 1 unspecified atom stereocenters. The van der Waals surface area contributed by atoms with Gasteiger partial charge in [-0.15, -0.1) is 0 Å². The summed E-state index contributed by atoms with van der Waals surface area (Å²) in [5.74, 6) is -0.235. The van der Waals surface area contributed by atoms with Gasteiger partial charge in [0.25, 0.3) is 15.9 Å². The molecule has 1 amide bonds. The normalized spacial score (nSPS) is 15.7. The molecule has 0 spiro atoms. The first-order valence-electron chi connectivity index (χ1n) is 10.2. The van der Waals surface area contributed by atoms with Gasteiger partial charge < -0.3 is 10.6 Å². The van der Waals surface area contributed by atoms with Crippen molar-refractivity contribution in [3.05, 3.63) is 54.1 Å². The van der Waals surface area contributed by atoms with Crippen LogP contribution in [0.1, 0.15) is 56.3 Å². The smallest absolute Gasteiger partial charge is 0.261 e. The van der Waals surface area contributed by atoms with Crippen molar-refractivity contribution < 1.29 is 13.2 Å². The Morgan fingerprint density at radius 3 is 2.41 bits per heavy atom. The summed E-state index contributed by atoms with van der Waals surface area (Å²) in [5, 5.41) is 6.32. The number of rotatable bonds is 8. The molecule has 0 bridgehead atoms. The SMILES string of the molecule is CCC(C)Nc1cc(C(=O)NC2CCCC2)cc(S(=O)(=O)Nc2ccccc2)c1. The number of sulfonamides is 1. The highest BCUT2D eigenvalue weighted by molar-refractivity contribution is 7.92. The second-order valence-electron chi connectivity index (χ2n) is 7.63. The van der Waals surface area contributed by atoms with Gasteiger partial charge >= 0.3 is 0 Å². The fraction of sp³-hybridized carbons (Fsp3) is 0.409. The van der Waals surface area contributed by atoms with Crippen LogP contribution in [0.4, 0.5) is 11.4 Å². The first-order chi connectivity index (χ1) is 13.9. The first kappa shape index (κ1) is 21.2. The maximum Gasteiger partial charge on any atom is 0.261 e. The maximum absolute atomic E-state index is 13.0. The number of amides is 1. The van der Waals surface area contributed by atoms with Crippen molar-refractivity contribution in [1.82, 2.24) is 5.32 Å². The Balaban J connectivity index is 1.91. The predicted octanol–water partition coefficient (Wildman–Crippen LogP) is 4.37. The van der Waals surface area contributed by atoms with Gasteiger partial charge in [0.1, 0.15) is 0 Å². The van der Waals surface area contributed by atoms with E-state index in [9.17, 15) is 13.2 Å². The topological polar surface area (TPSA) is 87.3 Å². The predicted molar refractivity (Wildman–Crippen MR) is 117 cm³/mol. The minimum absolute atomic E-state index is 0.0613. The van der Waals surface area contributed by atoms with E-state index >= 15 is 0 Å². The van der Waals surface area contributed by atoms with Crippen LogP contribution in [0.3, 0.4) is 0 Å². The van der Waals surface area contributed by atoms with Crippen LogP contribution in [0, 0.1) is 0 Å². The molecule has 156 valence electrons. The Hall–Kier alpha value is -2.54. The molecular weight excluding hydrogens is 386 g/mol. The molecular formula is C22H29N3O3S. The number of hydrogen-bond acceptors (Lipinski definition) is 4. The van der Waals surface area contributed by atoms with Crippen LogP contribution >= 0.6 is 0 Å². The van der Waals surface area contributed by atoms with Crippen LogP contribution in [0.2, 0.25) is 0 Å². The molecule has 3 N–H and O–H groups in total. The molecule has 0 aliphatic heterocycles. The molecule has 0 radical (unpaired) electrons.